The van der Waals surface area contributed by atoms with Crippen LogP contribution in [0.1, 0.15) is 39.0 Å². The lowest BCUT2D eigenvalue weighted by Crippen LogP contribution is -2.55. The van der Waals surface area contributed by atoms with E-state index in [4.69, 9.17) is 9.73 Å². The highest BCUT2D eigenvalue weighted by atomic mass is 127. The number of likely N-dealkylation sites (N-methyl/N-ethyl adjacent to an activating group) is 1. The predicted octanol–water partition coefficient (Wildman–Crippen LogP) is 1.31. The number of guanidine groups is 1. The van der Waals surface area contributed by atoms with Gasteiger partial charge in [-0.15, -0.1) is 24.0 Å². The van der Waals surface area contributed by atoms with Gasteiger partial charge in [-0.25, -0.2) is 0 Å². The average molecular weight is 551 g/mol. The van der Waals surface area contributed by atoms with Gasteiger partial charge < -0.3 is 24.8 Å². The van der Waals surface area contributed by atoms with E-state index in [1.54, 1.807) is 0 Å². The molecular weight excluding hydrogens is 507 g/mol. The number of likely N-dealkylation sites (tertiary alicyclic amines) is 1. The molecule has 3 aliphatic heterocycles. The maximum atomic E-state index is 12.6. The number of ether oxygens (including phenoxy) is 1. The molecule has 0 spiro atoms. The Labute approximate surface area is 205 Å². The van der Waals surface area contributed by atoms with Crippen LogP contribution in [0, 0.1) is 0 Å². The van der Waals surface area contributed by atoms with Gasteiger partial charge in [0.25, 0.3) is 0 Å². The number of aliphatic imine (C=N–C) groups is 1. The number of amides is 1. The van der Waals surface area contributed by atoms with Crippen LogP contribution in [0.5, 0.6) is 0 Å². The van der Waals surface area contributed by atoms with Crippen LogP contribution >= 0.6 is 24.0 Å². The van der Waals surface area contributed by atoms with Crippen molar-refractivity contribution in [2.45, 2.75) is 44.6 Å². The summed E-state index contributed by atoms with van der Waals surface area (Å²) in [6, 6.07) is 0. The minimum atomic E-state index is 0. The highest BCUT2D eigenvalue weighted by Crippen LogP contribution is 2.26. The number of halogens is 1. The largest absolute Gasteiger partial charge is 0.381 e. The zero-order valence-electron chi connectivity index (χ0n) is 19.8. The predicted molar refractivity (Wildman–Crippen MR) is 136 cm³/mol. The molecule has 3 saturated heterocycles. The van der Waals surface area contributed by atoms with Crippen LogP contribution in [0.2, 0.25) is 0 Å². The van der Waals surface area contributed by atoms with Crippen molar-refractivity contribution >= 4 is 35.8 Å². The molecular formula is C22H43IN6O2. The molecule has 3 rings (SSSR count). The lowest BCUT2D eigenvalue weighted by Gasteiger charge is -2.42. The molecule has 0 radical (unpaired) electrons. The maximum Gasteiger partial charge on any atom is 0.236 e. The number of nitrogens with zero attached hydrogens (tertiary/aromatic N) is 5. The summed E-state index contributed by atoms with van der Waals surface area (Å²) in [5.41, 5.74) is 0.0849. The van der Waals surface area contributed by atoms with E-state index >= 15 is 0 Å². The van der Waals surface area contributed by atoms with Crippen LogP contribution in [-0.2, 0) is 9.53 Å². The number of piperazine rings is 1. The smallest absolute Gasteiger partial charge is 0.236 e. The average Bonchev–Trinajstić information content (AvgIpc) is 2.78. The van der Waals surface area contributed by atoms with Gasteiger partial charge in [-0.3, -0.25) is 14.7 Å². The Hall–Kier alpha value is -0.650. The summed E-state index contributed by atoms with van der Waals surface area (Å²) in [5, 5.41) is 3.49. The molecule has 0 unspecified atom stereocenters. The first-order valence-electron chi connectivity index (χ1n) is 11.8. The molecule has 3 fully saturated rings. The van der Waals surface area contributed by atoms with Gasteiger partial charge in [0.05, 0.1) is 13.1 Å². The van der Waals surface area contributed by atoms with Crippen LogP contribution in [0.4, 0.5) is 0 Å². The third-order valence-electron chi connectivity index (χ3n) is 6.97. The summed E-state index contributed by atoms with van der Waals surface area (Å²) >= 11 is 0. The molecule has 9 heteroatoms. The van der Waals surface area contributed by atoms with E-state index in [1.807, 2.05) is 0 Å². The highest BCUT2D eigenvalue weighted by Gasteiger charge is 2.35. The van der Waals surface area contributed by atoms with Crippen molar-refractivity contribution in [3.05, 3.63) is 0 Å². The number of carbonyl (C=O) groups excluding carboxylic acids is 1. The molecule has 1 N–H and O–H groups in total. The fourth-order valence-electron chi connectivity index (χ4n) is 4.70. The first-order valence-corrected chi connectivity index (χ1v) is 11.8. The maximum absolute atomic E-state index is 12.6. The van der Waals surface area contributed by atoms with Gasteiger partial charge in [0.15, 0.2) is 5.96 Å². The topological polar surface area (TPSA) is 63.7 Å². The third-order valence-corrected chi connectivity index (χ3v) is 6.97. The standard InChI is InChI=1S/C22H42N6O2.HI/c1-4-23-21(24-19-22(25(2)3)8-16-30-17-9-22)28-14-12-26(13-15-28)18-20(29)27-10-6-5-7-11-27;/h4-19H2,1-3H3,(H,23,24);1H. The summed E-state index contributed by atoms with van der Waals surface area (Å²) in [6.07, 6.45) is 5.62. The molecule has 0 saturated carbocycles. The Morgan fingerprint density at radius 2 is 1.65 bits per heavy atom. The normalized spacial score (nSPS) is 22.9. The van der Waals surface area contributed by atoms with Gasteiger partial charge in [-0.1, -0.05) is 0 Å². The van der Waals surface area contributed by atoms with E-state index < -0.39 is 0 Å². The molecule has 0 aliphatic carbocycles. The Morgan fingerprint density at radius 3 is 2.23 bits per heavy atom. The van der Waals surface area contributed by atoms with Crippen LogP contribution in [0.25, 0.3) is 0 Å². The zero-order chi connectivity index (χ0) is 21.4. The molecule has 3 aliphatic rings. The van der Waals surface area contributed by atoms with E-state index in [0.717, 1.165) is 97.2 Å². The second-order valence-corrected chi connectivity index (χ2v) is 9.11. The van der Waals surface area contributed by atoms with Crippen molar-refractivity contribution in [3.63, 3.8) is 0 Å². The Bertz CT molecular complexity index is 568. The summed E-state index contributed by atoms with van der Waals surface area (Å²) in [7, 11) is 4.32. The Morgan fingerprint density at radius 1 is 1.00 bits per heavy atom. The first-order chi connectivity index (χ1) is 14.5. The number of carbonyl (C=O) groups is 1. The van der Waals surface area contributed by atoms with Gasteiger partial charge in [0, 0.05) is 64.6 Å². The molecule has 180 valence electrons. The fourth-order valence-corrected chi connectivity index (χ4v) is 4.70. The first kappa shape index (κ1) is 26.6. The van der Waals surface area contributed by atoms with Crippen molar-refractivity contribution in [1.29, 1.82) is 0 Å². The van der Waals surface area contributed by atoms with Gasteiger partial charge in [-0.05, 0) is 53.1 Å². The number of nitrogens with one attached hydrogen (secondary N) is 1. The van der Waals surface area contributed by atoms with Crippen LogP contribution in [0.15, 0.2) is 4.99 Å². The molecule has 0 aromatic carbocycles. The van der Waals surface area contributed by atoms with Crippen LogP contribution in [0.3, 0.4) is 0 Å². The van der Waals surface area contributed by atoms with E-state index in [1.165, 1.54) is 6.42 Å². The van der Waals surface area contributed by atoms with Gasteiger partial charge in [-0.2, -0.15) is 0 Å². The van der Waals surface area contributed by atoms with E-state index in [0.29, 0.717) is 12.5 Å². The molecule has 8 nitrogen and oxygen atoms in total. The van der Waals surface area contributed by atoms with Crippen molar-refractivity contribution < 1.29 is 9.53 Å². The lowest BCUT2D eigenvalue weighted by atomic mass is 9.89. The number of piperidine rings is 1. The molecule has 31 heavy (non-hydrogen) atoms. The van der Waals surface area contributed by atoms with Crippen LogP contribution in [-0.4, -0.2) is 123 Å². The number of hydrogen-bond donors (Lipinski definition) is 1. The number of rotatable bonds is 6. The Kier molecular flexibility index (Phi) is 11.3. The molecule has 3 heterocycles. The monoisotopic (exact) mass is 550 g/mol. The quantitative estimate of drug-likeness (QED) is 0.306. The second kappa shape index (κ2) is 13.2. The van der Waals surface area contributed by atoms with E-state index in [9.17, 15) is 4.79 Å². The van der Waals surface area contributed by atoms with Crippen molar-refractivity contribution in [2.75, 3.05) is 86.2 Å². The minimum absolute atomic E-state index is 0. The lowest BCUT2D eigenvalue weighted by molar-refractivity contribution is -0.133. The second-order valence-electron chi connectivity index (χ2n) is 9.11. The van der Waals surface area contributed by atoms with Crippen LogP contribution < -0.4 is 5.32 Å². The molecule has 0 aromatic rings. The summed E-state index contributed by atoms with van der Waals surface area (Å²) in [4.78, 5) is 26.7. The SMILES string of the molecule is CCNC(=NCC1(N(C)C)CCOCC1)N1CCN(CC(=O)N2CCCCC2)CC1.I. The van der Waals surface area contributed by atoms with Crippen molar-refractivity contribution in [2.24, 2.45) is 4.99 Å². The zero-order valence-corrected chi connectivity index (χ0v) is 22.1. The van der Waals surface area contributed by atoms with Gasteiger partial charge in [0.1, 0.15) is 0 Å². The Balaban J connectivity index is 0.00000341. The summed E-state index contributed by atoms with van der Waals surface area (Å²) in [5.74, 6) is 1.31. The van der Waals surface area contributed by atoms with Crippen molar-refractivity contribution in [3.8, 4) is 0 Å². The summed E-state index contributed by atoms with van der Waals surface area (Å²) < 4.78 is 5.60. The van der Waals surface area contributed by atoms with Gasteiger partial charge >= 0.3 is 0 Å². The highest BCUT2D eigenvalue weighted by molar-refractivity contribution is 14.0. The molecule has 0 bridgehead atoms. The van der Waals surface area contributed by atoms with Crippen molar-refractivity contribution in [1.82, 2.24) is 24.9 Å². The number of hydrogen-bond acceptors (Lipinski definition) is 5. The molecule has 1 amide bonds. The third kappa shape index (κ3) is 7.43. The fraction of sp³-hybridized carbons (Fsp3) is 0.909. The summed E-state index contributed by atoms with van der Waals surface area (Å²) in [6.45, 7) is 11.5. The molecule has 0 aromatic heterocycles. The molecule has 0 atom stereocenters. The van der Waals surface area contributed by atoms with Gasteiger partial charge in [0.2, 0.25) is 5.91 Å². The van der Waals surface area contributed by atoms with E-state index in [2.05, 4.69) is 45.9 Å². The minimum Gasteiger partial charge on any atom is -0.381 e. The van der Waals surface area contributed by atoms with E-state index in [-0.39, 0.29) is 29.5 Å².